The molecule has 1 aromatic heterocycles. The van der Waals surface area contributed by atoms with E-state index < -0.39 is 0 Å². The maximum absolute atomic E-state index is 12.7. The molecular weight excluding hydrogens is 289 g/mol. The van der Waals surface area contributed by atoms with Crippen molar-refractivity contribution < 1.29 is 9.13 Å². The van der Waals surface area contributed by atoms with E-state index in [1.54, 1.807) is 23.9 Å². The SMILES string of the molecule is C=CCn1c(C)nnc1SCCCOc1ccc(F)cc1. The Morgan fingerprint density at radius 3 is 2.81 bits per heavy atom. The maximum atomic E-state index is 12.7. The number of rotatable bonds is 8. The highest BCUT2D eigenvalue weighted by Gasteiger charge is 2.07. The molecule has 0 saturated carbocycles. The zero-order valence-corrected chi connectivity index (χ0v) is 12.8. The summed E-state index contributed by atoms with van der Waals surface area (Å²) in [4.78, 5) is 0. The Bertz CT molecular complexity index is 583. The van der Waals surface area contributed by atoms with Crippen LogP contribution < -0.4 is 4.74 Å². The lowest BCUT2D eigenvalue weighted by molar-refractivity contribution is 0.318. The van der Waals surface area contributed by atoms with Gasteiger partial charge in [-0.05, 0) is 37.6 Å². The van der Waals surface area contributed by atoms with E-state index in [1.165, 1.54) is 12.1 Å². The standard InChI is InChI=1S/C15H18FN3OS/c1-3-9-19-12(2)17-18-15(19)21-11-4-10-20-14-7-5-13(16)6-8-14/h3,5-8H,1,4,9-11H2,2H3. The van der Waals surface area contributed by atoms with Crippen LogP contribution in [0.5, 0.6) is 5.75 Å². The minimum atomic E-state index is -0.255. The Labute approximate surface area is 128 Å². The third kappa shape index (κ3) is 4.60. The lowest BCUT2D eigenvalue weighted by atomic mass is 10.3. The fraction of sp³-hybridized carbons (Fsp3) is 0.333. The fourth-order valence-electron chi connectivity index (χ4n) is 1.75. The van der Waals surface area contributed by atoms with Gasteiger partial charge in [0.15, 0.2) is 5.16 Å². The first kappa shape index (κ1) is 15.6. The normalized spacial score (nSPS) is 10.6. The summed E-state index contributed by atoms with van der Waals surface area (Å²) in [6.45, 7) is 6.97. The van der Waals surface area contributed by atoms with Crippen LogP contribution in [0.2, 0.25) is 0 Å². The number of nitrogens with zero attached hydrogens (tertiary/aromatic N) is 3. The van der Waals surface area contributed by atoms with E-state index >= 15 is 0 Å². The van der Waals surface area contributed by atoms with Crippen molar-refractivity contribution >= 4 is 11.8 Å². The van der Waals surface area contributed by atoms with Gasteiger partial charge < -0.3 is 9.30 Å². The van der Waals surface area contributed by atoms with Crippen molar-refractivity contribution in [2.24, 2.45) is 0 Å². The minimum absolute atomic E-state index is 0.255. The summed E-state index contributed by atoms with van der Waals surface area (Å²) in [5.41, 5.74) is 0. The Morgan fingerprint density at radius 1 is 1.33 bits per heavy atom. The van der Waals surface area contributed by atoms with Gasteiger partial charge in [-0.25, -0.2) is 4.39 Å². The summed E-state index contributed by atoms with van der Waals surface area (Å²) in [7, 11) is 0. The average Bonchev–Trinajstić information content (AvgIpc) is 2.82. The second-order valence-corrected chi connectivity index (χ2v) is 5.50. The molecule has 2 aromatic rings. The van der Waals surface area contributed by atoms with E-state index in [0.717, 1.165) is 23.2 Å². The van der Waals surface area contributed by atoms with Gasteiger partial charge in [0, 0.05) is 12.3 Å². The molecule has 0 bridgehead atoms. The second kappa shape index (κ2) is 7.83. The first-order chi connectivity index (χ1) is 10.2. The topological polar surface area (TPSA) is 39.9 Å². The van der Waals surface area contributed by atoms with Crippen LogP contribution in [0.4, 0.5) is 4.39 Å². The van der Waals surface area contributed by atoms with Crippen LogP contribution in [0.15, 0.2) is 42.1 Å². The number of aromatic nitrogens is 3. The monoisotopic (exact) mass is 307 g/mol. The molecule has 0 saturated heterocycles. The molecule has 1 aromatic carbocycles. The molecule has 0 spiro atoms. The Morgan fingerprint density at radius 2 is 2.10 bits per heavy atom. The van der Waals surface area contributed by atoms with Crippen LogP contribution in [0.25, 0.3) is 0 Å². The average molecular weight is 307 g/mol. The summed E-state index contributed by atoms with van der Waals surface area (Å²) in [5, 5.41) is 9.11. The van der Waals surface area contributed by atoms with Crippen LogP contribution in [-0.2, 0) is 6.54 Å². The molecule has 4 nitrogen and oxygen atoms in total. The molecular formula is C15H18FN3OS. The number of thioether (sulfide) groups is 1. The molecule has 2 rings (SSSR count). The van der Waals surface area contributed by atoms with E-state index in [0.29, 0.717) is 18.9 Å². The molecule has 1 heterocycles. The van der Waals surface area contributed by atoms with Crippen LogP contribution in [0.1, 0.15) is 12.2 Å². The van der Waals surface area contributed by atoms with Crippen LogP contribution in [0, 0.1) is 12.7 Å². The summed E-state index contributed by atoms with van der Waals surface area (Å²) in [6, 6.07) is 6.05. The maximum Gasteiger partial charge on any atom is 0.191 e. The van der Waals surface area contributed by atoms with Crippen molar-refractivity contribution in [2.45, 2.75) is 25.0 Å². The number of hydrogen-bond acceptors (Lipinski definition) is 4. The molecule has 0 radical (unpaired) electrons. The largest absolute Gasteiger partial charge is 0.494 e. The lowest BCUT2D eigenvalue weighted by Gasteiger charge is -2.07. The Balaban J connectivity index is 1.72. The summed E-state index contributed by atoms with van der Waals surface area (Å²) >= 11 is 1.65. The summed E-state index contributed by atoms with van der Waals surface area (Å²) < 4.78 is 20.3. The lowest BCUT2D eigenvalue weighted by Crippen LogP contribution is -2.02. The first-order valence-electron chi connectivity index (χ1n) is 6.72. The molecule has 0 aliphatic heterocycles. The van der Waals surface area contributed by atoms with E-state index in [1.807, 2.05) is 17.6 Å². The molecule has 6 heteroatoms. The molecule has 21 heavy (non-hydrogen) atoms. The molecule has 0 unspecified atom stereocenters. The molecule has 0 aliphatic carbocycles. The Hall–Kier alpha value is -1.82. The van der Waals surface area contributed by atoms with Gasteiger partial charge in [-0.2, -0.15) is 0 Å². The van der Waals surface area contributed by atoms with Crippen molar-refractivity contribution in [3.8, 4) is 5.75 Å². The molecule has 0 atom stereocenters. The third-order valence-electron chi connectivity index (χ3n) is 2.82. The number of allylic oxidation sites excluding steroid dienone is 1. The van der Waals surface area contributed by atoms with Gasteiger partial charge in [0.2, 0.25) is 0 Å². The van der Waals surface area contributed by atoms with Crippen molar-refractivity contribution in [1.82, 2.24) is 14.8 Å². The smallest absolute Gasteiger partial charge is 0.191 e. The van der Waals surface area contributed by atoms with Gasteiger partial charge in [0.25, 0.3) is 0 Å². The van der Waals surface area contributed by atoms with Crippen molar-refractivity contribution in [2.75, 3.05) is 12.4 Å². The molecule has 0 fully saturated rings. The predicted molar refractivity (Wildman–Crippen MR) is 82.2 cm³/mol. The number of ether oxygens (including phenoxy) is 1. The van der Waals surface area contributed by atoms with Gasteiger partial charge in [-0.3, -0.25) is 0 Å². The van der Waals surface area contributed by atoms with Gasteiger partial charge >= 0.3 is 0 Å². The highest BCUT2D eigenvalue weighted by atomic mass is 32.2. The zero-order valence-electron chi connectivity index (χ0n) is 12.0. The highest BCUT2D eigenvalue weighted by Crippen LogP contribution is 2.18. The van der Waals surface area contributed by atoms with Gasteiger partial charge in [-0.1, -0.05) is 17.8 Å². The fourth-order valence-corrected chi connectivity index (χ4v) is 2.66. The van der Waals surface area contributed by atoms with E-state index in [2.05, 4.69) is 16.8 Å². The van der Waals surface area contributed by atoms with Crippen LogP contribution in [-0.4, -0.2) is 27.1 Å². The van der Waals surface area contributed by atoms with Crippen LogP contribution in [0.3, 0.4) is 0 Å². The molecule has 0 amide bonds. The second-order valence-electron chi connectivity index (χ2n) is 4.43. The summed E-state index contributed by atoms with van der Waals surface area (Å²) in [6.07, 6.45) is 2.71. The molecule has 0 N–H and O–H groups in total. The highest BCUT2D eigenvalue weighted by molar-refractivity contribution is 7.99. The number of hydrogen-bond donors (Lipinski definition) is 0. The van der Waals surface area contributed by atoms with Gasteiger partial charge in [0.1, 0.15) is 17.4 Å². The predicted octanol–water partition coefficient (Wildman–Crippen LogP) is 3.47. The minimum Gasteiger partial charge on any atom is -0.494 e. The van der Waals surface area contributed by atoms with Crippen LogP contribution >= 0.6 is 11.8 Å². The van der Waals surface area contributed by atoms with Gasteiger partial charge in [0.05, 0.1) is 6.61 Å². The van der Waals surface area contributed by atoms with E-state index in [9.17, 15) is 4.39 Å². The van der Waals surface area contributed by atoms with Crippen molar-refractivity contribution in [3.05, 3.63) is 48.6 Å². The van der Waals surface area contributed by atoms with Gasteiger partial charge in [-0.15, -0.1) is 16.8 Å². The summed E-state index contributed by atoms with van der Waals surface area (Å²) in [5.74, 6) is 2.21. The number of halogens is 1. The van der Waals surface area contributed by atoms with E-state index in [-0.39, 0.29) is 5.82 Å². The Kier molecular flexibility index (Phi) is 5.80. The van der Waals surface area contributed by atoms with E-state index in [4.69, 9.17) is 4.74 Å². The zero-order chi connectivity index (χ0) is 15.1. The first-order valence-corrected chi connectivity index (χ1v) is 7.71. The van der Waals surface area contributed by atoms with Crippen molar-refractivity contribution in [1.29, 1.82) is 0 Å². The molecule has 112 valence electrons. The third-order valence-corrected chi connectivity index (χ3v) is 3.87. The quantitative estimate of drug-likeness (QED) is 0.425. The van der Waals surface area contributed by atoms with Crippen molar-refractivity contribution in [3.63, 3.8) is 0 Å². The number of benzene rings is 1. The molecule has 0 aliphatic rings. The number of aryl methyl sites for hydroxylation is 1.